The molecule has 5 rings (SSSR count). The average molecular weight is 426 g/mol. The highest BCUT2D eigenvalue weighted by Gasteiger charge is 2.57. The smallest absolute Gasteiger partial charge is 0.306 e. The predicted molar refractivity (Wildman–Crippen MR) is 104 cm³/mol. The second-order valence-electron chi connectivity index (χ2n) is 9.88. The number of carbonyl (C=O) groups excluding carboxylic acids is 2. The van der Waals surface area contributed by atoms with Crippen LogP contribution in [0.15, 0.2) is 0 Å². The standard InChI is InChI=1S/C21H32BrNO3/c1-14-4-3-5-15(2)23(14)18(24)12-26-19(25)11-20-7-16-6-17(8-20)10-21(22,9-16)13-20/h14-17H,3-13H2,1-2H3/t14-,15-,16+,17+,20?,21?/m0/s1. The summed E-state index contributed by atoms with van der Waals surface area (Å²) in [4.78, 5) is 27.1. The molecule has 5 fully saturated rings. The Labute approximate surface area is 165 Å². The van der Waals surface area contributed by atoms with Gasteiger partial charge < -0.3 is 9.64 Å². The summed E-state index contributed by atoms with van der Waals surface area (Å²) in [5, 5.41) is 0. The van der Waals surface area contributed by atoms with Crippen LogP contribution in [0.5, 0.6) is 0 Å². The molecular weight excluding hydrogens is 394 g/mol. The molecule has 0 radical (unpaired) electrons. The summed E-state index contributed by atoms with van der Waals surface area (Å²) in [6, 6.07) is 0.503. The van der Waals surface area contributed by atoms with E-state index in [2.05, 4.69) is 29.8 Å². The highest BCUT2D eigenvalue weighted by atomic mass is 79.9. The van der Waals surface area contributed by atoms with Crippen molar-refractivity contribution in [3.8, 4) is 0 Å². The van der Waals surface area contributed by atoms with Crippen molar-refractivity contribution in [3.05, 3.63) is 0 Å². The molecule has 1 heterocycles. The van der Waals surface area contributed by atoms with Gasteiger partial charge in [0, 0.05) is 16.4 Å². The molecule has 0 spiro atoms. The third kappa shape index (κ3) is 3.57. The Kier molecular flexibility index (Phi) is 4.90. The van der Waals surface area contributed by atoms with Crippen molar-refractivity contribution in [2.24, 2.45) is 17.3 Å². The Morgan fingerprint density at radius 1 is 1.08 bits per heavy atom. The fraction of sp³-hybridized carbons (Fsp3) is 0.905. The van der Waals surface area contributed by atoms with Crippen LogP contribution in [0.3, 0.4) is 0 Å². The summed E-state index contributed by atoms with van der Waals surface area (Å²) in [6.07, 6.45) is 11.1. The topological polar surface area (TPSA) is 46.6 Å². The van der Waals surface area contributed by atoms with Gasteiger partial charge in [0.2, 0.25) is 0 Å². The predicted octanol–water partition coefficient (Wildman–Crippen LogP) is 4.44. The van der Waals surface area contributed by atoms with E-state index in [0.29, 0.717) is 6.42 Å². The van der Waals surface area contributed by atoms with Crippen molar-refractivity contribution >= 4 is 27.8 Å². The van der Waals surface area contributed by atoms with Crippen molar-refractivity contribution < 1.29 is 14.3 Å². The Balaban J connectivity index is 1.32. The molecule has 26 heavy (non-hydrogen) atoms. The van der Waals surface area contributed by atoms with Crippen molar-refractivity contribution in [2.75, 3.05) is 6.61 Å². The van der Waals surface area contributed by atoms with Crippen LogP contribution in [0.4, 0.5) is 0 Å². The number of halogens is 1. The zero-order chi connectivity index (χ0) is 18.5. The van der Waals surface area contributed by atoms with E-state index in [-0.39, 0.29) is 40.3 Å². The molecule has 5 aliphatic rings. The van der Waals surface area contributed by atoms with Gasteiger partial charge in [0.1, 0.15) is 0 Å². The van der Waals surface area contributed by atoms with Gasteiger partial charge in [-0.1, -0.05) is 15.9 Å². The SMILES string of the molecule is C[C@H]1CCC[C@H](C)N1C(=O)COC(=O)CC12C[C@H]3C[C@@H](CC(Br)(C3)C1)C2. The number of hydrogen-bond acceptors (Lipinski definition) is 3. The van der Waals surface area contributed by atoms with Crippen molar-refractivity contribution in [1.29, 1.82) is 0 Å². The lowest BCUT2D eigenvalue weighted by molar-refractivity contribution is -0.159. The van der Waals surface area contributed by atoms with E-state index < -0.39 is 0 Å². The molecule has 0 aromatic carbocycles. The maximum Gasteiger partial charge on any atom is 0.306 e. The van der Waals surface area contributed by atoms with Crippen LogP contribution in [0.25, 0.3) is 0 Å². The molecule has 5 heteroatoms. The molecule has 1 saturated heterocycles. The van der Waals surface area contributed by atoms with Crippen LogP contribution >= 0.6 is 15.9 Å². The van der Waals surface area contributed by atoms with Crippen molar-refractivity contribution in [1.82, 2.24) is 4.90 Å². The molecule has 4 atom stereocenters. The van der Waals surface area contributed by atoms with Gasteiger partial charge in [-0.2, -0.15) is 0 Å². The van der Waals surface area contributed by atoms with E-state index >= 15 is 0 Å². The molecule has 0 aromatic heterocycles. The van der Waals surface area contributed by atoms with Gasteiger partial charge in [0.15, 0.2) is 6.61 Å². The lowest BCUT2D eigenvalue weighted by Crippen LogP contribution is -2.53. The molecule has 0 N–H and O–H groups in total. The van der Waals surface area contributed by atoms with Crippen LogP contribution in [-0.4, -0.2) is 39.8 Å². The minimum atomic E-state index is -0.172. The number of carbonyl (C=O) groups is 2. The molecule has 4 saturated carbocycles. The lowest BCUT2D eigenvalue weighted by atomic mass is 9.49. The largest absolute Gasteiger partial charge is 0.456 e. The third-order valence-electron chi connectivity index (χ3n) is 7.47. The maximum atomic E-state index is 12.6. The van der Waals surface area contributed by atoms with Crippen LogP contribution < -0.4 is 0 Å². The minimum Gasteiger partial charge on any atom is -0.456 e. The molecule has 1 aliphatic heterocycles. The second kappa shape index (κ2) is 6.79. The summed E-state index contributed by atoms with van der Waals surface area (Å²) in [5.41, 5.74) is 0.111. The highest BCUT2D eigenvalue weighted by Crippen LogP contribution is 2.65. The number of likely N-dealkylation sites (tertiary alicyclic amines) is 1. The number of piperidine rings is 1. The highest BCUT2D eigenvalue weighted by molar-refractivity contribution is 9.10. The number of amides is 1. The van der Waals surface area contributed by atoms with Crippen LogP contribution in [-0.2, 0) is 14.3 Å². The van der Waals surface area contributed by atoms with E-state index in [1.807, 2.05) is 4.90 Å². The Morgan fingerprint density at radius 3 is 2.27 bits per heavy atom. The van der Waals surface area contributed by atoms with E-state index in [1.54, 1.807) is 0 Å². The van der Waals surface area contributed by atoms with Gasteiger partial charge in [-0.25, -0.2) is 0 Å². The molecule has 4 nitrogen and oxygen atoms in total. The first kappa shape index (κ1) is 18.8. The fourth-order valence-electron chi connectivity index (χ4n) is 7.03. The van der Waals surface area contributed by atoms with E-state index in [4.69, 9.17) is 4.74 Å². The van der Waals surface area contributed by atoms with Crippen molar-refractivity contribution in [2.45, 2.75) is 94.5 Å². The maximum absolute atomic E-state index is 12.6. The molecule has 4 aliphatic carbocycles. The summed E-state index contributed by atoms with van der Waals surface area (Å²) >= 11 is 4.00. The number of esters is 1. The van der Waals surface area contributed by atoms with Gasteiger partial charge in [0.05, 0.1) is 6.42 Å². The Bertz CT molecular complexity index is 568. The fourth-order valence-corrected chi connectivity index (χ4v) is 8.54. The monoisotopic (exact) mass is 425 g/mol. The molecule has 1 amide bonds. The molecular formula is C21H32BrNO3. The molecule has 146 valence electrons. The zero-order valence-electron chi connectivity index (χ0n) is 16.1. The summed E-state index contributed by atoms with van der Waals surface area (Å²) < 4.78 is 5.74. The van der Waals surface area contributed by atoms with E-state index in [0.717, 1.165) is 31.1 Å². The first-order chi connectivity index (χ1) is 12.3. The first-order valence-electron chi connectivity index (χ1n) is 10.4. The Hall–Kier alpha value is -0.580. The lowest BCUT2D eigenvalue weighted by Gasteiger charge is -2.60. The second-order valence-corrected chi connectivity index (χ2v) is 11.6. The van der Waals surface area contributed by atoms with E-state index in [1.165, 1.54) is 38.5 Å². The third-order valence-corrected chi connectivity index (χ3v) is 8.40. The van der Waals surface area contributed by atoms with Crippen LogP contribution in [0, 0.1) is 17.3 Å². The summed E-state index contributed by atoms with van der Waals surface area (Å²) in [7, 11) is 0. The van der Waals surface area contributed by atoms with Gasteiger partial charge >= 0.3 is 5.97 Å². The van der Waals surface area contributed by atoms with Gasteiger partial charge in [-0.3, -0.25) is 9.59 Å². The number of rotatable bonds is 4. The van der Waals surface area contributed by atoms with Crippen LogP contribution in [0.2, 0.25) is 0 Å². The molecule has 4 bridgehead atoms. The normalized spacial score (nSPS) is 44.2. The molecule has 0 unspecified atom stereocenters. The first-order valence-corrected chi connectivity index (χ1v) is 11.2. The van der Waals surface area contributed by atoms with Crippen LogP contribution in [0.1, 0.15) is 78.1 Å². The number of hydrogen-bond donors (Lipinski definition) is 0. The minimum absolute atomic E-state index is 0.0273. The van der Waals surface area contributed by atoms with E-state index in [9.17, 15) is 9.59 Å². The number of ether oxygens (including phenoxy) is 1. The molecule has 0 aromatic rings. The summed E-state index contributed by atoms with van der Waals surface area (Å²) in [6.45, 7) is 4.11. The number of alkyl halides is 1. The van der Waals surface area contributed by atoms with Crippen molar-refractivity contribution in [3.63, 3.8) is 0 Å². The summed E-state index contributed by atoms with van der Waals surface area (Å²) in [5.74, 6) is 1.33. The zero-order valence-corrected chi connectivity index (χ0v) is 17.7. The van der Waals surface area contributed by atoms with Gasteiger partial charge in [0.25, 0.3) is 5.91 Å². The average Bonchev–Trinajstić information content (AvgIpc) is 2.49. The number of nitrogens with zero attached hydrogens (tertiary/aromatic N) is 1. The van der Waals surface area contributed by atoms with Gasteiger partial charge in [-0.15, -0.1) is 0 Å². The quantitative estimate of drug-likeness (QED) is 0.493. The van der Waals surface area contributed by atoms with Gasteiger partial charge in [-0.05, 0) is 88.9 Å². The Morgan fingerprint density at radius 2 is 1.69 bits per heavy atom.